The average molecular weight is 235 g/mol. The first-order valence-corrected chi connectivity index (χ1v) is 4.71. The highest BCUT2D eigenvalue weighted by atomic mass is 19.1. The van der Waals surface area contributed by atoms with Crippen molar-refractivity contribution < 1.29 is 19.3 Å². The molecule has 0 spiro atoms. The number of hydrogen-bond donors (Lipinski definition) is 1. The lowest BCUT2D eigenvalue weighted by molar-refractivity contribution is -0.385. The summed E-state index contributed by atoms with van der Waals surface area (Å²) >= 11 is 0. The first kappa shape index (κ1) is 11.0. The van der Waals surface area contributed by atoms with Crippen molar-refractivity contribution in [1.29, 1.82) is 0 Å². The first-order chi connectivity index (χ1) is 8.09. The van der Waals surface area contributed by atoms with Crippen LogP contribution in [0.5, 0.6) is 0 Å². The Morgan fingerprint density at radius 1 is 1.29 bits per heavy atom. The molecule has 5 nitrogen and oxygen atoms in total. The van der Waals surface area contributed by atoms with Crippen molar-refractivity contribution in [2.75, 3.05) is 0 Å². The van der Waals surface area contributed by atoms with E-state index in [0.717, 1.165) is 10.8 Å². The summed E-state index contributed by atoms with van der Waals surface area (Å²) in [5.74, 6) is -1.75. The van der Waals surface area contributed by atoms with Crippen LogP contribution in [-0.2, 0) is 0 Å². The normalized spacial score (nSPS) is 10.2. The molecule has 1 aromatic carbocycles. The van der Waals surface area contributed by atoms with Crippen molar-refractivity contribution in [3.05, 3.63) is 58.5 Å². The first-order valence-electron chi connectivity index (χ1n) is 4.71. The summed E-state index contributed by atoms with van der Waals surface area (Å²) in [5, 5.41) is 8.79. The van der Waals surface area contributed by atoms with E-state index in [4.69, 9.17) is 5.11 Å². The quantitative estimate of drug-likeness (QED) is 0.823. The Kier molecular flexibility index (Phi) is 2.70. The number of carboxylic acid groups (broad SMARTS) is 1. The lowest BCUT2D eigenvalue weighted by Gasteiger charge is -1.98. The molecule has 0 fully saturated rings. The minimum Gasteiger partial charge on any atom is -0.477 e. The molecule has 0 amide bonds. The fourth-order valence-corrected chi connectivity index (χ4v) is 1.39. The van der Waals surface area contributed by atoms with Crippen LogP contribution in [0.2, 0.25) is 0 Å². The number of H-pyrrole nitrogens is 1. The monoisotopic (exact) mass is 235 g/mol. The number of aromatic amines is 1. The maximum Gasteiger partial charge on any atom is 0.356 e. The zero-order chi connectivity index (χ0) is 12.4. The van der Waals surface area contributed by atoms with Crippen molar-refractivity contribution in [3.8, 4) is 5.69 Å². The maximum absolute atomic E-state index is 12.7. The van der Waals surface area contributed by atoms with Gasteiger partial charge in [-0.05, 0) is 24.3 Å². The molecule has 6 heteroatoms. The summed E-state index contributed by atoms with van der Waals surface area (Å²) in [6.45, 7) is 0. The van der Waals surface area contributed by atoms with E-state index >= 15 is 0 Å². The molecule has 0 radical (unpaired) electrons. The van der Waals surface area contributed by atoms with Crippen LogP contribution in [0, 0.1) is 5.82 Å². The number of aromatic nitrogens is 2. The summed E-state index contributed by atoms with van der Waals surface area (Å²) in [4.78, 5) is 25.1. The van der Waals surface area contributed by atoms with Gasteiger partial charge in [0.1, 0.15) is 17.7 Å². The maximum atomic E-state index is 12.7. The minimum atomic E-state index is -1.32. The Hall–Kier alpha value is -2.50. The molecule has 0 saturated carbocycles. The third-order valence-corrected chi connectivity index (χ3v) is 2.22. The number of rotatable bonds is 2. The average Bonchev–Trinajstić information content (AvgIpc) is 2.30. The van der Waals surface area contributed by atoms with Crippen LogP contribution in [-0.4, -0.2) is 15.6 Å². The Bertz CT molecular complexity index is 619. The van der Waals surface area contributed by atoms with Gasteiger partial charge in [-0.15, -0.1) is 0 Å². The molecule has 0 aliphatic rings. The van der Waals surface area contributed by atoms with E-state index in [1.807, 2.05) is 0 Å². The smallest absolute Gasteiger partial charge is 0.356 e. The Morgan fingerprint density at radius 3 is 2.53 bits per heavy atom. The molecule has 17 heavy (non-hydrogen) atoms. The van der Waals surface area contributed by atoms with E-state index in [1.165, 1.54) is 30.6 Å². The summed E-state index contributed by atoms with van der Waals surface area (Å²) in [6.07, 6.45) is 2.41. The van der Waals surface area contributed by atoms with E-state index in [9.17, 15) is 14.0 Å². The highest BCUT2D eigenvalue weighted by molar-refractivity contribution is 5.86. The second kappa shape index (κ2) is 4.17. The predicted octanol–water partition coefficient (Wildman–Crippen LogP) is 0.489. The number of nitrogens with zero attached hydrogens (tertiary/aromatic N) is 1. The molecule has 0 unspecified atom stereocenters. The van der Waals surface area contributed by atoms with E-state index in [2.05, 4.69) is 4.98 Å². The summed E-state index contributed by atoms with van der Waals surface area (Å²) in [7, 11) is 0. The van der Waals surface area contributed by atoms with E-state index in [1.54, 1.807) is 0 Å². The molecule has 1 aromatic heterocycles. The van der Waals surface area contributed by atoms with E-state index in [-0.39, 0.29) is 5.56 Å². The summed E-state index contributed by atoms with van der Waals surface area (Å²) in [6, 6.07) is 5.15. The third kappa shape index (κ3) is 2.05. The van der Waals surface area contributed by atoms with Crippen LogP contribution in [0.15, 0.2) is 41.6 Å². The number of aromatic carboxylic acids is 1. The van der Waals surface area contributed by atoms with E-state index < -0.39 is 17.3 Å². The fourth-order valence-electron chi connectivity index (χ4n) is 1.39. The van der Waals surface area contributed by atoms with Crippen LogP contribution >= 0.6 is 0 Å². The van der Waals surface area contributed by atoms with Gasteiger partial charge in [0.05, 0.1) is 0 Å². The van der Waals surface area contributed by atoms with Crippen molar-refractivity contribution in [3.63, 3.8) is 0 Å². The predicted molar refractivity (Wildman–Crippen MR) is 55.5 cm³/mol. The van der Waals surface area contributed by atoms with Crippen molar-refractivity contribution in [2.24, 2.45) is 0 Å². The topological polar surface area (TPSA) is 73.4 Å². The molecule has 0 bridgehead atoms. The SMILES string of the molecule is O=C(O)c1c[nH+]cn(-c2ccc(F)cc2)c1=O. The summed E-state index contributed by atoms with van der Waals surface area (Å²) in [5.41, 5.74) is -0.671. The zero-order valence-electron chi connectivity index (χ0n) is 8.55. The van der Waals surface area contributed by atoms with Gasteiger partial charge >= 0.3 is 11.5 Å². The second-order valence-electron chi connectivity index (χ2n) is 3.31. The van der Waals surface area contributed by atoms with Crippen LogP contribution in [0.25, 0.3) is 5.69 Å². The molecule has 0 atom stereocenters. The van der Waals surface area contributed by atoms with Gasteiger partial charge < -0.3 is 5.11 Å². The molecular weight excluding hydrogens is 227 g/mol. The number of benzene rings is 1. The van der Waals surface area contributed by atoms with Crippen molar-refractivity contribution in [1.82, 2.24) is 4.57 Å². The molecule has 0 saturated heterocycles. The molecule has 2 aromatic rings. The van der Waals surface area contributed by atoms with Crippen LogP contribution in [0.4, 0.5) is 4.39 Å². The second-order valence-corrected chi connectivity index (χ2v) is 3.31. The standard InChI is InChI=1S/C11H7FN2O3/c12-7-1-3-8(4-2-7)14-6-13-5-9(10(14)15)11(16)17/h1-6H,(H,16,17)/p+1. The lowest BCUT2D eigenvalue weighted by Crippen LogP contribution is -2.29. The van der Waals surface area contributed by atoms with Crippen molar-refractivity contribution >= 4 is 5.97 Å². The molecule has 1 heterocycles. The molecule has 0 aliphatic carbocycles. The third-order valence-electron chi connectivity index (χ3n) is 2.22. The molecule has 2 rings (SSSR count). The Morgan fingerprint density at radius 2 is 1.94 bits per heavy atom. The molecule has 86 valence electrons. The Labute approximate surface area is 94.8 Å². The highest BCUT2D eigenvalue weighted by Gasteiger charge is 2.17. The van der Waals surface area contributed by atoms with Crippen LogP contribution < -0.4 is 10.5 Å². The summed E-state index contributed by atoms with van der Waals surface area (Å²) < 4.78 is 13.8. The molecule has 2 N–H and O–H groups in total. The fraction of sp³-hybridized carbons (Fsp3) is 0. The van der Waals surface area contributed by atoms with Crippen molar-refractivity contribution in [2.45, 2.75) is 0 Å². The zero-order valence-corrected chi connectivity index (χ0v) is 8.55. The molecular formula is C11H8FN2O3+. The van der Waals surface area contributed by atoms with Gasteiger partial charge in [-0.25, -0.2) is 14.0 Å². The van der Waals surface area contributed by atoms with Gasteiger partial charge in [0, 0.05) is 0 Å². The number of nitrogens with one attached hydrogen (secondary N) is 1. The number of halogens is 1. The van der Waals surface area contributed by atoms with Crippen LogP contribution in [0.3, 0.4) is 0 Å². The van der Waals surface area contributed by atoms with Gasteiger partial charge in [-0.3, -0.25) is 4.98 Å². The van der Waals surface area contributed by atoms with Gasteiger partial charge in [0.2, 0.25) is 6.33 Å². The minimum absolute atomic E-state index is 0.378. The Balaban J connectivity index is 2.61. The van der Waals surface area contributed by atoms with Crippen LogP contribution in [0.1, 0.15) is 10.4 Å². The van der Waals surface area contributed by atoms with Gasteiger partial charge in [-0.1, -0.05) is 0 Å². The number of carboxylic acids is 1. The van der Waals surface area contributed by atoms with E-state index in [0.29, 0.717) is 5.69 Å². The largest absolute Gasteiger partial charge is 0.477 e. The van der Waals surface area contributed by atoms with Gasteiger partial charge in [0.15, 0.2) is 5.56 Å². The molecule has 0 aliphatic heterocycles. The van der Waals surface area contributed by atoms with Gasteiger partial charge in [0.25, 0.3) is 0 Å². The highest BCUT2D eigenvalue weighted by Crippen LogP contribution is 2.05. The number of carbonyl (C=O) groups is 1. The lowest BCUT2D eigenvalue weighted by atomic mass is 10.3. The number of hydrogen-bond acceptors (Lipinski definition) is 2. The van der Waals surface area contributed by atoms with Gasteiger partial charge in [-0.2, -0.15) is 4.57 Å².